The van der Waals surface area contributed by atoms with Crippen LogP contribution in [0.5, 0.6) is 0 Å². The molecule has 0 saturated heterocycles. The number of nitrogens with one attached hydrogen (secondary N) is 1. The predicted molar refractivity (Wildman–Crippen MR) is 65.5 cm³/mol. The molecule has 0 atom stereocenters. The van der Waals surface area contributed by atoms with Gasteiger partial charge in [0.25, 0.3) is 0 Å². The average molecular weight is 228 g/mol. The number of carbonyl (C=O) groups is 1. The Morgan fingerprint density at radius 1 is 1.53 bits per heavy atom. The van der Waals surface area contributed by atoms with Gasteiger partial charge in [0, 0.05) is 6.54 Å². The van der Waals surface area contributed by atoms with Crippen molar-refractivity contribution in [3.8, 4) is 0 Å². The summed E-state index contributed by atoms with van der Waals surface area (Å²) in [7, 11) is 0. The van der Waals surface area contributed by atoms with E-state index in [0.29, 0.717) is 11.5 Å². The lowest BCUT2D eigenvalue weighted by atomic mass is 9.90. The van der Waals surface area contributed by atoms with Crippen LogP contribution in [-0.4, -0.2) is 17.4 Å². The van der Waals surface area contributed by atoms with Crippen LogP contribution in [0, 0.1) is 10.8 Å². The quantitative estimate of drug-likeness (QED) is 0.703. The van der Waals surface area contributed by atoms with Gasteiger partial charge in [-0.1, -0.05) is 33.0 Å². The Hall–Kier alpha value is -0.640. The van der Waals surface area contributed by atoms with Crippen LogP contribution in [0.3, 0.4) is 0 Å². The number of amides is 1. The number of rotatable bonds is 5. The summed E-state index contributed by atoms with van der Waals surface area (Å²) in [4.78, 5) is 12.2. The summed E-state index contributed by atoms with van der Waals surface area (Å²) in [6.07, 6.45) is 2.65. The van der Waals surface area contributed by atoms with Crippen molar-refractivity contribution in [3.05, 3.63) is 0 Å². The lowest BCUT2D eigenvalue weighted by Gasteiger charge is -2.24. The highest BCUT2D eigenvalue weighted by Crippen LogP contribution is 2.46. The van der Waals surface area contributed by atoms with Crippen LogP contribution in [0.15, 0.2) is 0 Å². The van der Waals surface area contributed by atoms with Gasteiger partial charge in [0.05, 0.1) is 10.4 Å². The third-order valence-electron chi connectivity index (χ3n) is 3.34. The maximum Gasteiger partial charge on any atom is 0.233 e. The normalized spacial score (nSPS) is 18.3. The predicted octanol–water partition coefficient (Wildman–Crippen LogP) is 1.61. The molecule has 0 heterocycles. The molecule has 1 aliphatic rings. The molecule has 0 aromatic rings. The second-order valence-corrected chi connectivity index (χ2v) is 5.59. The van der Waals surface area contributed by atoms with E-state index < -0.39 is 5.41 Å². The lowest BCUT2D eigenvalue weighted by molar-refractivity contribution is -0.124. The zero-order valence-corrected chi connectivity index (χ0v) is 10.5. The molecule has 0 aromatic carbocycles. The van der Waals surface area contributed by atoms with Crippen molar-refractivity contribution in [1.29, 1.82) is 0 Å². The van der Waals surface area contributed by atoms with Gasteiger partial charge >= 0.3 is 0 Å². The number of hydrogen-bond donors (Lipinski definition) is 2. The second kappa shape index (κ2) is 4.08. The van der Waals surface area contributed by atoms with Crippen LogP contribution in [-0.2, 0) is 4.79 Å². The summed E-state index contributed by atoms with van der Waals surface area (Å²) in [6.45, 7) is 7.07. The Morgan fingerprint density at radius 3 is 2.40 bits per heavy atom. The minimum Gasteiger partial charge on any atom is -0.392 e. The minimum absolute atomic E-state index is 0.0107. The fraction of sp³-hybridized carbons (Fsp3) is 0.818. The minimum atomic E-state index is -0.515. The third kappa shape index (κ3) is 2.68. The molecule has 0 radical (unpaired) electrons. The zero-order valence-electron chi connectivity index (χ0n) is 9.72. The van der Waals surface area contributed by atoms with Gasteiger partial charge in [-0.3, -0.25) is 4.79 Å². The van der Waals surface area contributed by atoms with Gasteiger partial charge in [0.1, 0.15) is 0 Å². The van der Waals surface area contributed by atoms with Gasteiger partial charge in [-0.25, -0.2) is 0 Å². The van der Waals surface area contributed by atoms with E-state index in [4.69, 9.17) is 18.0 Å². The molecule has 1 amide bonds. The smallest absolute Gasteiger partial charge is 0.233 e. The molecule has 3 N–H and O–H groups in total. The van der Waals surface area contributed by atoms with Crippen molar-refractivity contribution < 1.29 is 4.79 Å². The average Bonchev–Trinajstić information content (AvgIpc) is 2.95. The van der Waals surface area contributed by atoms with Crippen LogP contribution in [0.25, 0.3) is 0 Å². The van der Waals surface area contributed by atoms with Crippen molar-refractivity contribution in [2.75, 3.05) is 6.54 Å². The molecule has 0 bridgehead atoms. The van der Waals surface area contributed by atoms with Gasteiger partial charge in [-0.15, -0.1) is 0 Å². The topological polar surface area (TPSA) is 55.1 Å². The van der Waals surface area contributed by atoms with E-state index in [-0.39, 0.29) is 11.3 Å². The number of thiocarbonyl (C=S) groups is 1. The summed E-state index contributed by atoms with van der Waals surface area (Å²) in [6, 6.07) is 0. The first-order valence-corrected chi connectivity index (χ1v) is 5.83. The molecular formula is C11H20N2OS. The highest BCUT2D eigenvalue weighted by atomic mass is 32.1. The number of nitrogens with two attached hydrogens (primary N) is 1. The molecule has 1 aliphatic carbocycles. The third-order valence-corrected chi connectivity index (χ3v) is 3.73. The molecule has 1 fully saturated rings. The molecule has 3 nitrogen and oxygen atoms in total. The monoisotopic (exact) mass is 228 g/mol. The number of hydrogen-bond acceptors (Lipinski definition) is 2. The van der Waals surface area contributed by atoms with Crippen LogP contribution in [0.4, 0.5) is 0 Å². The molecular weight excluding hydrogens is 208 g/mol. The van der Waals surface area contributed by atoms with Crippen LogP contribution in [0.2, 0.25) is 0 Å². The van der Waals surface area contributed by atoms with Gasteiger partial charge in [0.2, 0.25) is 5.91 Å². The van der Waals surface area contributed by atoms with E-state index in [1.54, 1.807) is 0 Å². The highest BCUT2D eigenvalue weighted by molar-refractivity contribution is 7.80. The summed E-state index contributed by atoms with van der Waals surface area (Å²) in [5, 5.41) is 2.95. The van der Waals surface area contributed by atoms with E-state index in [1.807, 2.05) is 0 Å². The van der Waals surface area contributed by atoms with Crippen molar-refractivity contribution >= 4 is 23.1 Å². The summed E-state index contributed by atoms with van der Waals surface area (Å²) in [5.41, 5.74) is 5.20. The fourth-order valence-electron chi connectivity index (χ4n) is 1.32. The van der Waals surface area contributed by atoms with E-state index in [0.717, 1.165) is 19.3 Å². The Labute approximate surface area is 96.8 Å². The lowest BCUT2D eigenvalue weighted by Crippen LogP contribution is -2.43. The van der Waals surface area contributed by atoms with Crippen molar-refractivity contribution in [2.24, 2.45) is 16.6 Å². The van der Waals surface area contributed by atoms with Crippen molar-refractivity contribution in [2.45, 2.75) is 40.0 Å². The molecule has 1 rings (SSSR count). The van der Waals surface area contributed by atoms with Gasteiger partial charge in [-0.2, -0.15) is 0 Å². The summed E-state index contributed by atoms with van der Waals surface area (Å²) in [5.74, 6) is 0.0107. The molecule has 15 heavy (non-hydrogen) atoms. The van der Waals surface area contributed by atoms with Gasteiger partial charge in [-0.05, 0) is 24.7 Å². The van der Waals surface area contributed by atoms with Crippen molar-refractivity contribution in [1.82, 2.24) is 5.32 Å². The largest absolute Gasteiger partial charge is 0.392 e. The molecule has 4 heteroatoms. The molecule has 86 valence electrons. The Morgan fingerprint density at radius 2 is 2.07 bits per heavy atom. The molecule has 0 aromatic heterocycles. The van der Waals surface area contributed by atoms with E-state index in [1.165, 1.54) is 0 Å². The van der Waals surface area contributed by atoms with Crippen LogP contribution < -0.4 is 11.1 Å². The second-order valence-electron chi connectivity index (χ2n) is 5.15. The molecule has 0 unspecified atom stereocenters. The van der Waals surface area contributed by atoms with E-state index in [9.17, 15) is 4.79 Å². The standard InChI is InChI=1S/C11H20N2OS/c1-4-10(2,3)7-13-9(14)11(5-6-11)8(12)15/h4-7H2,1-3H3,(H2,12,15)(H,13,14). The maximum absolute atomic E-state index is 11.9. The first-order chi connectivity index (χ1) is 6.84. The highest BCUT2D eigenvalue weighted by Gasteiger charge is 2.52. The van der Waals surface area contributed by atoms with Crippen molar-refractivity contribution in [3.63, 3.8) is 0 Å². The molecule has 0 spiro atoms. The SMILES string of the molecule is CCC(C)(C)CNC(=O)C1(C(N)=S)CC1. The van der Waals surface area contributed by atoms with E-state index in [2.05, 4.69) is 26.1 Å². The fourth-order valence-corrected chi connectivity index (χ4v) is 1.62. The number of carbonyl (C=O) groups excluding carboxylic acids is 1. The molecule has 0 aliphatic heterocycles. The molecule has 1 saturated carbocycles. The Bertz CT molecular complexity index is 282. The maximum atomic E-state index is 11.9. The van der Waals surface area contributed by atoms with Crippen LogP contribution >= 0.6 is 12.2 Å². The Balaban J connectivity index is 2.47. The summed E-state index contributed by atoms with van der Waals surface area (Å²) >= 11 is 4.92. The zero-order chi connectivity index (χ0) is 11.7. The first-order valence-electron chi connectivity index (χ1n) is 5.42. The van der Waals surface area contributed by atoms with Gasteiger partial charge < -0.3 is 11.1 Å². The first kappa shape index (κ1) is 12.4. The van der Waals surface area contributed by atoms with Gasteiger partial charge in [0.15, 0.2) is 0 Å². The van der Waals surface area contributed by atoms with E-state index >= 15 is 0 Å². The van der Waals surface area contributed by atoms with Crippen LogP contribution in [0.1, 0.15) is 40.0 Å². The Kier molecular flexibility index (Phi) is 3.38. The summed E-state index contributed by atoms with van der Waals surface area (Å²) < 4.78 is 0.